The number of hydrogen-bond donors (Lipinski definition) is 2. The molecule has 0 aromatic carbocycles. The maximum atomic E-state index is 12.5. The van der Waals surface area contributed by atoms with Crippen molar-refractivity contribution in [3.8, 4) is 0 Å². The molecule has 0 bridgehead atoms. The Labute approximate surface area is 160 Å². The number of nitrogens with zero attached hydrogens (tertiary/aromatic N) is 1. The van der Waals surface area contributed by atoms with Crippen LogP contribution in [0.15, 0.2) is 12.1 Å². The minimum Gasteiger partial charge on any atom is -0.354 e. The first kappa shape index (κ1) is 19.4. The van der Waals surface area contributed by atoms with E-state index in [2.05, 4.69) is 29.7 Å². The van der Waals surface area contributed by atoms with Gasteiger partial charge in [-0.15, -0.1) is 11.3 Å². The Kier molecular flexibility index (Phi) is 7.08. The van der Waals surface area contributed by atoms with Gasteiger partial charge < -0.3 is 15.5 Å². The van der Waals surface area contributed by atoms with Gasteiger partial charge in [-0.25, -0.2) is 0 Å². The zero-order valence-corrected chi connectivity index (χ0v) is 16.6. The first-order valence-electron chi connectivity index (χ1n) is 9.96. The molecule has 6 heteroatoms. The van der Waals surface area contributed by atoms with E-state index < -0.39 is 0 Å². The van der Waals surface area contributed by atoms with Gasteiger partial charge in [-0.3, -0.25) is 9.59 Å². The normalized spacial score (nSPS) is 23.2. The summed E-state index contributed by atoms with van der Waals surface area (Å²) in [6.45, 7) is 5.40. The van der Waals surface area contributed by atoms with Crippen molar-refractivity contribution in [2.75, 3.05) is 26.2 Å². The quantitative estimate of drug-likeness (QED) is 0.767. The number of carbonyl (C=O) groups is 2. The molecule has 3 heterocycles. The van der Waals surface area contributed by atoms with Gasteiger partial charge in [0.05, 0.1) is 6.04 Å². The Bertz CT molecular complexity index is 610. The summed E-state index contributed by atoms with van der Waals surface area (Å²) >= 11 is 1.82. The van der Waals surface area contributed by atoms with E-state index in [1.165, 1.54) is 9.75 Å². The molecule has 5 nitrogen and oxygen atoms in total. The van der Waals surface area contributed by atoms with Gasteiger partial charge in [0.25, 0.3) is 0 Å². The number of carbonyl (C=O) groups excluding carboxylic acids is 2. The third-order valence-electron chi connectivity index (χ3n) is 5.42. The fourth-order valence-corrected chi connectivity index (χ4v) is 4.86. The zero-order chi connectivity index (χ0) is 18.4. The third kappa shape index (κ3) is 5.55. The molecule has 144 valence electrons. The predicted molar refractivity (Wildman–Crippen MR) is 105 cm³/mol. The average Bonchev–Trinajstić information content (AvgIpc) is 3.32. The topological polar surface area (TPSA) is 61.4 Å². The van der Waals surface area contributed by atoms with Gasteiger partial charge in [-0.1, -0.05) is 0 Å². The van der Waals surface area contributed by atoms with E-state index in [9.17, 15) is 9.59 Å². The summed E-state index contributed by atoms with van der Waals surface area (Å²) in [5.74, 6) is 0.780. The van der Waals surface area contributed by atoms with Crippen molar-refractivity contribution < 1.29 is 9.59 Å². The lowest BCUT2D eigenvalue weighted by molar-refractivity contribution is -0.133. The largest absolute Gasteiger partial charge is 0.354 e. The molecule has 26 heavy (non-hydrogen) atoms. The fourth-order valence-electron chi connectivity index (χ4n) is 3.93. The molecule has 0 spiro atoms. The highest BCUT2D eigenvalue weighted by Gasteiger charge is 2.26. The monoisotopic (exact) mass is 377 g/mol. The van der Waals surface area contributed by atoms with Crippen molar-refractivity contribution in [1.82, 2.24) is 15.5 Å². The van der Waals surface area contributed by atoms with Crippen molar-refractivity contribution in [3.05, 3.63) is 21.9 Å². The van der Waals surface area contributed by atoms with Crippen LogP contribution in [0.25, 0.3) is 0 Å². The van der Waals surface area contributed by atoms with Gasteiger partial charge >= 0.3 is 0 Å². The van der Waals surface area contributed by atoms with Gasteiger partial charge in [0.2, 0.25) is 11.8 Å². The van der Waals surface area contributed by atoms with Crippen LogP contribution in [-0.4, -0.2) is 48.9 Å². The van der Waals surface area contributed by atoms with Gasteiger partial charge in [-0.2, -0.15) is 0 Å². The Morgan fingerprint density at radius 2 is 2.19 bits per heavy atom. The number of nitrogens with one attached hydrogen (secondary N) is 2. The molecule has 1 aromatic rings. The van der Waals surface area contributed by atoms with E-state index in [0.717, 1.165) is 58.2 Å². The van der Waals surface area contributed by atoms with E-state index in [4.69, 9.17) is 0 Å². The summed E-state index contributed by atoms with van der Waals surface area (Å²) in [5, 5.41) is 6.32. The molecule has 2 aliphatic heterocycles. The molecule has 2 saturated heterocycles. The summed E-state index contributed by atoms with van der Waals surface area (Å²) in [7, 11) is 0. The van der Waals surface area contributed by atoms with Crippen molar-refractivity contribution in [2.24, 2.45) is 5.92 Å². The lowest BCUT2D eigenvalue weighted by Crippen LogP contribution is -2.46. The highest BCUT2D eigenvalue weighted by molar-refractivity contribution is 7.11. The van der Waals surface area contributed by atoms with Gasteiger partial charge in [0, 0.05) is 35.8 Å². The van der Waals surface area contributed by atoms with Crippen LogP contribution < -0.4 is 10.6 Å². The molecule has 0 saturated carbocycles. The first-order valence-corrected chi connectivity index (χ1v) is 10.8. The second-order valence-corrected chi connectivity index (χ2v) is 8.98. The molecule has 1 aromatic heterocycles. The Morgan fingerprint density at radius 1 is 1.31 bits per heavy atom. The standard InChI is InChI=1S/C20H31N3O2S/c1-15-9-10-17(26-15)6-2-8-19(24)23-12-4-5-16(14-23)13-22-20(25)18-7-3-11-21-18/h9-10,16,18,21H,2-8,11-14H2,1H3,(H,22,25). The summed E-state index contributed by atoms with van der Waals surface area (Å²) in [4.78, 5) is 29.4. The van der Waals surface area contributed by atoms with Crippen LogP contribution in [0.3, 0.4) is 0 Å². The predicted octanol–water partition coefficient (Wildman–Crippen LogP) is 2.49. The van der Waals surface area contributed by atoms with Crippen LogP contribution in [0.5, 0.6) is 0 Å². The van der Waals surface area contributed by atoms with Gasteiger partial charge in [0.1, 0.15) is 0 Å². The van der Waals surface area contributed by atoms with Crippen molar-refractivity contribution in [3.63, 3.8) is 0 Å². The van der Waals surface area contributed by atoms with E-state index in [1.54, 1.807) is 0 Å². The molecule has 2 N–H and O–H groups in total. The van der Waals surface area contributed by atoms with Crippen LogP contribution in [0.4, 0.5) is 0 Å². The van der Waals surface area contributed by atoms with E-state index >= 15 is 0 Å². The SMILES string of the molecule is Cc1ccc(CCCC(=O)N2CCCC(CNC(=O)C3CCCN3)C2)s1. The average molecular weight is 378 g/mol. The van der Waals surface area contributed by atoms with Crippen LogP contribution in [0.2, 0.25) is 0 Å². The van der Waals surface area contributed by atoms with Crippen LogP contribution >= 0.6 is 11.3 Å². The molecule has 0 radical (unpaired) electrons. The Morgan fingerprint density at radius 3 is 2.92 bits per heavy atom. The van der Waals surface area contributed by atoms with Crippen LogP contribution in [0, 0.1) is 12.8 Å². The second-order valence-electron chi connectivity index (χ2n) is 7.61. The van der Waals surface area contributed by atoms with Crippen molar-refractivity contribution in [2.45, 2.75) is 57.9 Å². The molecular weight excluding hydrogens is 346 g/mol. The van der Waals surface area contributed by atoms with Crippen LogP contribution in [0.1, 0.15) is 48.3 Å². The fraction of sp³-hybridized carbons (Fsp3) is 0.700. The molecule has 2 unspecified atom stereocenters. The number of hydrogen-bond acceptors (Lipinski definition) is 4. The number of thiophene rings is 1. The lowest BCUT2D eigenvalue weighted by atomic mass is 9.97. The summed E-state index contributed by atoms with van der Waals surface area (Å²) < 4.78 is 0. The minimum atomic E-state index is -0.0165. The molecule has 2 amide bonds. The number of rotatable bonds is 7. The number of likely N-dealkylation sites (tertiary alicyclic amines) is 1. The van der Waals surface area contributed by atoms with Gasteiger partial charge in [0.15, 0.2) is 0 Å². The second kappa shape index (κ2) is 9.51. The zero-order valence-electron chi connectivity index (χ0n) is 15.8. The van der Waals surface area contributed by atoms with Crippen molar-refractivity contribution in [1.29, 1.82) is 0 Å². The Hall–Kier alpha value is -1.40. The summed E-state index contributed by atoms with van der Waals surface area (Å²) in [5.41, 5.74) is 0. The van der Waals surface area contributed by atoms with Gasteiger partial charge in [-0.05, 0) is 70.0 Å². The maximum absolute atomic E-state index is 12.5. The van der Waals surface area contributed by atoms with Crippen LogP contribution in [-0.2, 0) is 16.0 Å². The lowest BCUT2D eigenvalue weighted by Gasteiger charge is -2.33. The number of amides is 2. The number of aryl methyl sites for hydroxylation is 2. The van der Waals surface area contributed by atoms with E-state index in [-0.39, 0.29) is 17.9 Å². The molecule has 2 aliphatic rings. The minimum absolute atomic E-state index is 0.0165. The van der Waals surface area contributed by atoms with Crippen molar-refractivity contribution >= 4 is 23.2 Å². The Balaban J connectivity index is 1.36. The third-order valence-corrected chi connectivity index (χ3v) is 6.48. The molecule has 3 rings (SSSR count). The summed E-state index contributed by atoms with van der Waals surface area (Å²) in [6, 6.07) is 4.30. The van der Waals surface area contributed by atoms with E-state index in [1.807, 2.05) is 16.2 Å². The molecular formula is C20H31N3O2S. The number of piperidine rings is 1. The maximum Gasteiger partial charge on any atom is 0.237 e. The summed E-state index contributed by atoms with van der Waals surface area (Å²) in [6.07, 6.45) is 6.69. The highest BCUT2D eigenvalue weighted by atomic mass is 32.1. The highest BCUT2D eigenvalue weighted by Crippen LogP contribution is 2.20. The molecule has 0 aliphatic carbocycles. The molecule has 2 fully saturated rings. The first-order chi connectivity index (χ1) is 12.6. The molecule has 2 atom stereocenters. The van der Waals surface area contributed by atoms with E-state index in [0.29, 0.717) is 18.9 Å². The smallest absolute Gasteiger partial charge is 0.237 e.